The van der Waals surface area contributed by atoms with E-state index in [0.29, 0.717) is 11.1 Å². The summed E-state index contributed by atoms with van der Waals surface area (Å²) in [6.45, 7) is 4.20. The number of unbranched alkanes of at least 4 members (excludes halogenated alkanes) is 2. The van der Waals surface area contributed by atoms with E-state index < -0.39 is 15.4 Å². The Morgan fingerprint density at radius 1 is 0.808 bits per heavy atom. The molecule has 0 saturated carbocycles. The Labute approximate surface area is 180 Å². The first kappa shape index (κ1) is 23.4. The van der Waals surface area contributed by atoms with Gasteiger partial charge in [-0.25, -0.2) is 8.42 Å². The fraction of sp³-hybridized carbons (Fsp3) is 0.429. The van der Waals surface area contributed by atoms with Crippen molar-refractivity contribution in [2.75, 3.05) is 0 Å². The summed E-state index contributed by atoms with van der Waals surface area (Å²) in [6.07, 6.45) is 5.57. The molecule has 5 heteroatoms. The molecule has 0 amide bonds. The van der Waals surface area contributed by atoms with Crippen LogP contribution in [0.3, 0.4) is 0 Å². The molecule has 0 N–H and O–H groups in total. The molecule has 136 valence electrons. The van der Waals surface area contributed by atoms with Gasteiger partial charge in [-0.1, -0.05) is 75.2 Å². The summed E-state index contributed by atoms with van der Waals surface area (Å²) < 4.78 is 36.7. The molecule has 2 aromatic carbocycles. The van der Waals surface area contributed by atoms with E-state index in [1.807, 2.05) is 36.4 Å². The normalized spacial score (nSPS) is 11.4. The van der Waals surface area contributed by atoms with Gasteiger partial charge in [0.2, 0.25) is 0 Å². The summed E-state index contributed by atoms with van der Waals surface area (Å²) in [6, 6.07) is 14.9. The molecular formula is C21H27NaO3S. The molecule has 0 bridgehead atoms. The zero-order valence-corrected chi connectivity index (χ0v) is 18.9. The molecule has 3 nitrogen and oxygen atoms in total. The largest absolute Gasteiger partial charge is 1.00 e. The molecule has 2 aromatic rings. The van der Waals surface area contributed by atoms with E-state index >= 15 is 0 Å². The van der Waals surface area contributed by atoms with Gasteiger partial charge in [-0.2, -0.15) is 0 Å². The number of aryl methyl sites for hydroxylation is 2. The van der Waals surface area contributed by atoms with Gasteiger partial charge < -0.3 is 4.55 Å². The summed E-state index contributed by atoms with van der Waals surface area (Å²) in [4.78, 5) is 0. The Morgan fingerprint density at radius 3 is 1.54 bits per heavy atom. The van der Waals surface area contributed by atoms with Crippen molar-refractivity contribution in [3.8, 4) is 0 Å². The van der Waals surface area contributed by atoms with Gasteiger partial charge in [0.25, 0.3) is 0 Å². The summed E-state index contributed by atoms with van der Waals surface area (Å²) in [5.74, 6) is 0. The Balaban J connectivity index is 0.00000338. The van der Waals surface area contributed by atoms with Gasteiger partial charge in [-0.15, -0.1) is 0 Å². The molecule has 0 aliphatic heterocycles. The average Bonchev–Trinajstić information content (AvgIpc) is 2.59. The van der Waals surface area contributed by atoms with Crippen LogP contribution in [0.15, 0.2) is 48.5 Å². The standard InChI is InChI=1S/C21H28O3S.Na/c1-3-5-11-17-13-7-9-15-19(17)21(25(22,23)24)20-16-10-8-14-18(20)12-6-4-2;/h7-10,13-16,21H,3-6,11-12H2,1-2H3,(H,22,23,24);/q;+1/p-1. The van der Waals surface area contributed by atoms with Gasteiger partial charge in [0.15, 0.2) is 0 Å². The fourth-order valence-corrected chi connectivity index (χ4v) is 4.33. The van der Waals surface area contributed by atoms with E-state index in [-0.39, 0.29) is 29.6 Å². The number of hydrogen-bond donors (Lipinski definition) is 0. The molecule has 0 aliphatic rings. The molecule has 0 heterocycles. The second kappa shape index (κ2) is 11.3. The third kappa shape index (κ3) is 6.21. The molecule has 0 radical (unpaired) electrons. The SMILES string of the molecule is CCCCc1ccccc1C(c1ccccc1CCCC)S(=O)(=O)[O-].[Na+]. The number of hydrogen-bond acceptors (Lipinski definition) is 3. The van der Waals surface area contributed by atoms with E-state index in [4.69, 9.17) is 0 Å². The van der Waals surface area contributed by atoms with Crippen molar-refractivity contribution in [3.63, 3.8) is 0 Å². The van der Waals surface area contributed by atoms with E-state index in [0.717, 1.165) is 49.7 Å². The topological polar surface area (TPSA) is 57.2 Å². The number of rotatable bonds is 9. The van der Waals surface area contributed by atoms with Gasteiger partial charge in [-0.3, -0.25) is 0 Å². The van der Waals surface area contributed by atoms with Crippen LogP contribution in [-0.4, -0.2) is 13.0 Å². The van der Waals surface area contributed by atoms with Crippen LogP contribution in [-0.2, 0) is 23.0 Å². The molecule has 0 aromatic heterocycles. The summed E-state index contributed by atoms with van der Waals surface area (Å²) in [5.41, 5.74) is 3.18. The first-order valence-corrected chi connectivity index (χ1v) is 10.6. The predicted octanol–water partition coefficient (Wildman–Crippen LogP) is 2.01. The van der Waals surface area contributed by atoms with Crippen molar-refractivity contribution in [2.24, 2.45) is 0 Å². The van der Waals surface area contributed by atoms with Gasteiger partial charge in [0.1, 0.15) is 10.1 Å². The van der Waals surface area contributed by atoms with E-state index in [9.17, 15) is 13.0 Å². The fourth-order valence-electron chi connectivity index (χ4n) is 3.25. The molecule has 0 fully saturated rings. The van der Waals surface area contributed by atoms with Crippen molar-refractivity contribution < 1.29 is 42.5 Å². The van der Waals surface area contributed by atoms with Crippen LogP contribution in [0.25, 0.3) is 0 Å². The molecule has 0 saturated heterocycles. The van der Waals surface area contributed by atoms with Crippen LogP contribution in [0.5, 0.6) is 0 Å². The van der Waals surface area contributed by atoms with E-state index in [1.165, 1.54) is 0 Å². The summed E-state index contributed by atoms with van der Waals surface area (Å²) in [7, 11) is -4.52. The molecule has 0 aliphatic carbocycles. The third-order valence-corrected chi connectivity index (χ3v) is 5.65. The molecule has 0 atom stereocenters. The Kier molecular flexibility index (Phi) is 10.1. The minimum atomic E-state index is -4.52. The molecule has 0 spiro atoms. The monoisotopic (exact) mass is 382 g/mol. The number of benzene rings is 2. The van der Waals surface area contributed by atoms with Crippen LogP contribution in [0.4, 0.5) is 0 Å². The van der Waals surface area contributed by atoms with Crippen LogP contribution >= 0.6 is 0 Å². The van der Waals surface area contributed by atoms with Gasteiger partial charge in [0.05, 0.1) is 5.25 Å². The zero-order valence-electron chi connectivity index (χ0n) is 16.1. The van der Waals surface area contributed by atoms with E-state index in [2.05, 4.69) is 13.8 Å². The summed E-state index contributed by atoms with van der Waals surface area (Å²) >= 11 is 0. The second-order valence-electron chi connectivity index (χ2n) is 6.48. The van der Waals surface area contributed by atoms with Crippen molar-refractivity contribution in [2.45, 2.75) is 57.6 Å². The Hall–Kier alpha value is -0.650. The maximum absolute atomic E-state index is 12.2. The van der Waals surface area contributed by atoms with Crippen molar-refractivity contribution >= 4 is 10.1 Å². The predicted molar refractivity (Wildman–Crippen MR) is 102 cm³/mol. The van der Waals surface area contributed by atoms with Crippen molar-refractivity contribution in [1.82, 2.24) is 0 Å². The maximum atomic E-state index is 12.2. The van der Waals surface area contributed by atoms with Crippen molar-refractivity contribution in [3.05, 3.63) is 70.8 Å². The Morgan fingerprint density at radius 2 is 1.19 bits per heavy atom. The Bertz CT molecular complexity index is 736. The van der Waals surface area contributed by atoms with Gasteiger partial charge in [-0.05, 0) is 47.9 Å². The average molecular weight is 383 g/mol. The van der Waals surface area contributed by atoms with Gasteiger partial charge in [0, 0.05) is 0 Å². The zero-order chi connectivity index (χ0) is 18.3. The molecule has 26 heavy (non-hydrogen) atoms. The van der Waals surface area contributed by atoms with Crippen LogP contribution in [0, 0.1) is 0 Å². The van der Waals surface area contributed by atoms with Gasteiger partial charge >= 0.3 is 29.6 Å². The summed E-state index contributed by atoms with van der Waals surface area (Å²) in [5, 5.41) is -1.13. The van der Waals surface area contributed by atoms with Crippen LogP contribution in [0.1, 0.15) is 67.0 Å². The first-order valence-electron chi connectivity index (χ1n) is 9.09. The minimum Gasteiger partial charge on any atom is -0.747 e. The quantitative estimate of drug-likeness (QED) is 0.492. The second-order valence-corrected chi connectivity index (χ2v) is 7.93. The molecular weight excluding hydrogens is 355 g/mol. The third-order valence-electron chi connectivity index (χ3n) is 4.56. The van der Waals surface area contributed by atoms with Crippen molar-refractivity contribution in [1.29, 1.82) is 0 Å². The van der Waals surface area contributed by atoms with Crippen LogP contribution < -0.4 is 29.6 Å². The first-order chi connectivity index (χ1) is 12.0. The molecule has 2 rings (SSSR count). The van der Waals surface area contributed by atoms with E-state index in [1.54, 1.807) is 12.1 Å². The van der Waals surface area contributed by atoms with Crippen LogP contribution in [0.2, 0.25) is 0 Å². The maximum Gasteiger partial charge on any atom is 1.00 e. The smallest absolute Gasteiger partial charge is 0.747 e. The minimum absolute atomic E-state index is 0. The molecule has 0 unspecified atom stereocenters.